The molecule has 3 rings (SSSR count). The molecule has 0 aliphatic rings. The zero-order chi connectivity index (χ0) is 30.1. The normalized spacial score (nSPS) is 11.7. The third-order valence-electron chi connectivity index (χ3n) is 6.77. The van der Waals surface area contributed by atoms with Crippen molar-refractivity contribution < 1.29 is 14.4 Å². The van der Waals surface area contributed by atoms with Crippen LogP contribution >= 0.6 is 0 Å². The molecule has 0 spiro atoms. The topological polar surface area (TPSA) is 139 Å². The van der Waals surface area contributed by atoms with Crippen molar-refractivity contribution in [3.8, 4) is 0 Å². The van der Waals surface area contributed by atoms with Gasteiger partial charge >= 0.3 is 0 Å². The number of rotatable bonds is 12. The van der Waals surface area contributed by atoms with Crippen molar-refractivity contribution in [2.24, 2.45) is 11.7 Å². The number of nitrogens with one attached hydrogen (secondary N) is 2. The molecule has 0 aliphatic heterocycles. The van der Waals surface area contributed by atoms with Crippen molar-refractivity contribution in [2.45, 2.75) is 53.6 Å². The van der Waals surface area contributed by atoms with Gasteiger partial charge in [0.2, 0.25) is 5.91 Å². The first-order valence-electron chi connectivity index (χ1n) is 13.8. The monoisotopic (exact) mass is 560 g/mol. The molecule has 218 valence electrons. The van der Waals surface area contributed by atoms with Gasteiger partial charge in [-0.25, -0.2) is 4.98 Å². The highest BCUT2D eigenvalue weighted by molar-refractivity contribution is 5.95. The van der Waals surface area contributed by atoms with E-state index in [4.69, 9.17) is 10.7 Å². The van der Waals surface area contributed by atoms with Gasteiger partial charge in [-0.05, 0) is 50.4 Å². The molecule has 0 bridgehead atoms. The Kier molecular flexibility index (Phi) is 10.9. The summed E-state index contributed by atoms with van der Waals surface area (Å²) in [4.78, 5) is 58.9. The summed E-state index contributed by atoms with van der Waals surface area (Å²) in [7, 11) is 0. The fraction of sp³-hybridized carbons (Fsp3) is 0.387. The van der Waals surface area contributed by atoms with Crippen LogP contribution in [0, 0.1) is 19.8 Å². The van der Waals surface area contributed by atoms with Crippen molar-refractivity contribution in [3.05, 3.63) is 98.7 Å². The lowest BCUT2D eigenvalue weighted by Gasteiger charge is -2.36. The van der Waals surface area contributed by atoms with E-state index in [-0.39, 0.29) is 42.2 Å². The van der Waals surface area contributed by atoms with Crippen molar-refractivity contribution >= 4 is 17.7 Å². The van der Waals surface area contributed by atoms with Gasteiger partial charge in [0, 0.05) is 19.0 Å². The molecule has 4 N–H and O–H groups in total. The van der Waals surface area contributed by atoms with E-state index in [1.54, 1.807) is 24.0 Å². The first-order chi connectivity index (χ1) is 19.5. The van der Waals surface area contributed by atoms with Crippen molar-refractivity contribution in [1.29, 1.82) is 0 Å². The van der Waals surface area contributed by atoms with E-state index in [0.29, 0.717) is 30.9 Å². The number of benzene rings is 2. The molecular weight excluding hydrogens is 520 g/mol. The van der Waals surface area contributed by atoms with Gasteiger partial charge in [0.1, 0.15) is 11.4 Å². The van der Waals surface area contributed by atoms with E-state index in [9.17, 15) is 19.2 Å². The van der Waals surface area contributed by atoms with Gasteiger partial charge in [-0.3, -0.25) is 23.7 Å². The number of hydrogen-bond acceptors (Lipinski definition) is 6. The lowest BCUT2D eigenvalue weighted by atomic mass is 9.98. The van der Waals surface area contributed by atoms with E-state index in [2.05, 4.69) is 10.6 Å². The Morgan fingerprint density at radius 1 is 1.00 bits per heavy atom. The maximum Gasteiger partial charge on any atom is 0.267 e. The quantitative estimate of drug-likeness (QED) is 0.291. The molecule has 0 saturated heterocycles. The first-order valence-corrected chi connectivity index (χ1v) is 13.8. The molecule has 0 aliphatic carbocycles. The summed E-state index contributed by atoms with van der Waals surface area (Å²) in [5, 5.41) is 5.06. The Labute approximate surface area is 241 Å². The maximum absolute atomic E-state index is 14.0. The summed E-state index contributed by atoms with van der Waals surface area (Å²) in [5.74, 6) is -0.879. The third-order valence-corrected chi connectivity index (χ3v) is 6.77. The fourth-order valence-corrected chi connectivity index (χ4v) is 4.71. The predicted molar refractivity (Wildman–Crippen MR) is 158 cm³/mol. The van der Waals surface area contributed by atoms with Crippen LogP contribution in [-0.2, 0) is 11.3 Å². The van der Waals surface area contributed by atoms with Crippen LogP contribution in [0.25, 0.3) is 0 Å². The standard InChI is InChI=1S/C31H40N6O4/c1-20(2)27(36(17-9-16-32)30(40)25-14-12-21(3)13-15-25)28-35-22(4)26(29(39)34-19-33-23(5)38)31(41)37(28)18-24-10-7-6-8-11-24/h6-8,10-15,20,27H,9,16-19,32H2,1-5H3,(H,33,38)(H,34,39). The number of aromatic nitrogens is 2. The van der Waals surface area contributed by atoms with Crippen molar-refractivity contribution in [3.63, 3.8) is 0 Å². The van der Waals surface area contributed by atoms with Crippen LogP contribution in [-0.4, -0.2) is 51.9 Å². The summed E-state index contributed by atoms with van der Waals surface area (Å²) in [6, 6.07) is 16.2. The molecule has 10 nitrogen and oxygen atoms in total. The van der Waals surface area contributed by atoms with Gasteiger partial charge in [-0.15, -0.1) is 0 Å². The number of hydrogen-bond donors (Lipinski definition) is 3. The molecule has 0 fully saturated rings. The highest BCUT2D eigenvalue weighted by Crippen LogP contribution is 2.30. The Balaban J connectivity index is 2.20. The molecule has 0 radical (unpaired) electrons. The van der Waals surface area contributed by atoms with Gasteiger partial charge in [-0.1, -0.05) is 61.9 Å². The van der Waals surface area contributed by atoms with Gasteiger partial charge in [0.25, 0.3) is 17.4 Å². The van der Waals surface area contributed by atoms with E-state index in [1.165, 1.54) is 11.5 Å². The Hall–Kier alpha value is -4.31. The zero-order valence-corrected chi connectivity index (χ0v) is 24.4. The first kappa shape index (κ1) is 31.2. The second-order valence-electron chi connectivity index (χ2n) is 10.4. The average Bonchev–Trinajstić information content (AvgIpc) is 2.93. The number of amides is 3. The van der Waals surface area contributed by atoms with E-state index in [0.717, 1.165) is 11.1 Å². The lowest BCUT2D eigenvalue weighted by Crippen LogP contribution is -2.45. The molecule has 41 heavy (non-hydrogen) atoms. The molecular formula is C31H40N6O4. The van der Waals surface area contributed by atoms with Crippen LogP contribution in [0.4, 0.5) is 0 Å². The second kappa shape index (κ2) is 14.4. The van der Waals surface area contributed by atoms with Crippen LogP contribution in [0.1, 0.15) is 76.6 Å². The molecule has 3 aromatic rings. The summed E-state index contributed by atoms with van der Waals surface area (Å²) in [6.45, 7) is 9.64. The highest BCUT2D eigenvalue weighted by atomic mass is 16.2. The molecule has 10 heteroatoms. The minimum Gasteiger partial charge on any atom is -0.339 e. The van der Waals surface area contributed by atoms with Crippen molar-refractivity contribution in [1.82, 2.24) is 25.1 Å². The molecule has 1 heterocycles. The zero-order valence-electron chi connectivity index (χ0n) is 24.4. The van der Waals surface area contributed by atoms with Crippen LogP contribution in [0.15, 0.2) is 59.4 Å². The Bertz CT molecular complexity index is 1420. The van der Waals surface area contributed by atoms with Crippen molar-refractivity contribution in [2.75, 3.05) is 19.8 Å². The van der Waals surface area contributed by atoms with E-state index >= 15 is 0 Å². The Morgan fingerprint density at radius 3 is 2.24 bits per heavy atom. The molecule has 3 amide bonds. The molecule has 0 saturated carbocycles. The summed E-state index contributed by atoms with van der Waals surface area (Å²) in [5.41, 5.74) is 7.87. The number of carbonyl (C=O) groups excluding carboxylic acids is 3. The van der Waals surface area contributed by atoms with E-state index in [1.807, 2.05) is 63.2 Å². The second-order valence-corrected chi connectivity index (χ2v) is 10.4. The number of nitrogens with two attached hydrogens (primary N) is 1. The average molecular weight is 561 g/mol. The van der Waals surface area contributed by atoms with Crippen LogP contribution in [0.5, 0.6) is 0 Å². The largest absolute Gasteiger partial charge is 0.339 e. The number of nitrogens with zero attached hydrogens (tertiary/aromatic N) is 3. The summed E-state index contributed by atoms with van der Waals surface area (Å²) < 4.78 is 1.48. The minimum atomic E-state index is -0.640. The van der Waals surface area contributed by atoms with Crippen LogP contribution in [0.3, 0.4) is 0 Å². The van der Waals surface area contributed by atoms with Gasteiger partial charge in [0.05, 0.1) is 24.9 Å². The SMILES string of the molecule is CC(=O)NCNC(=O)c1c(C)nc(C(C(C)C)N(CCCN)C(=O)c2ccc(C)cc2)n(Cc2ccccc2)c1=O. The van der Waals surface area contributed by atoms with Crippen LogP contribution < -0.4 is 21.9 Å². The highest BCUT2D eigenvalue weighted by Gasteiger charge is 2.33. The van der Waals surface area contributed by atoms with E-state index < -0.39 is 17.5 Å². The summed E-state index contributed by atoms with van der Waals surface area (Å²) in [6.07, 6.45) is 0.562. The number of aryl methyl sites for hydroxylation is 2. The van der Waals surface area contributed by atoms with Gasteiger partial charge in [-0.2, -0.15) is 0 Å². The van der Waals surface area contributed by atoms with Crippen LogP contribution in [0.2, 0.25) is 0 Å². The number of carbonyl (C=O) groups is 3. The fourth-order valence-electron chi connectivity index (χ4n) is 4.71. The lowest BCUT2D eigenvalue weighted by molar-refractivity contribution is -0.119. The smallest absolute Gasteiger partial charge is 0.267 e. The molecule has 1 aromatic heterocycles. The molecule has 1 atom stereocenters. The minimum absolute atomic E-state index is 0.115. The van der Waals surface area contributed by atoms with Gasteiger partial charge in [0.15, 0.2) is 0 Å². The summed E-state index contributed by atoms with van der Waals surface area (Å²) >= 11 is 0. The van der Waals surface area contributed by atoms with Gasteiger partial charge < -0.3 is 21.3 Å². The molecule has 1 unspecified atom stereocenters. The maximum atomic E-state index is 14.0. The predicted octanol–water partition coefficient (Wildman–Crippen LogP) is 2.92. The third kappa shape index (κ3) is 7.88. The molecule has 2 aromatic carbocycles. The Morgan fingerprint density at radius 2 is 1.66 bits per heavy atom.